The molecule has 0 amide bonds. The van der Waals surface area contributed by atoms with Gasteiger partial charge in [0.1, 0.15) is 0 Å². The maximum absolute atomic E-state index is 11.1. The van der Waals surface area contributed by atoms with Crippen LogP contribution in [-0.4, -0.2) is 19.4 Å². The largest absolute Gasteiger partial charge is 0.316 e. The summed E-state index contributed by atoms with van der Waals surface area (Å²) < 4.78 is 0. The van der Waals surface area contributed by atoms with Crippen molar-refractivity contribution in [2.24, 2.45) is 0 Å². The highest BCUT2D eigenvalue weighted by Crippen LogP contribution is 2.09. The fraction of sp³-hybridized carbons (Fsp3) is 0.500. The summed E-state index contributed by atoms with van der Waals surface area (Å²) in [6.07, 6.45) is 3.82. The summed E-state index contributed by atoms with van der Waals surface area (Å²) in [6, 6.07) is 0. The lowest BCUT2D eigenvalue weighted by molar-refractivity contribution is -0.113. The maximum Gasteiger partial charge on any atom is 0.159 e. The lowest BCUT2D eigenvalue weighted by Gasteiger charge is -2.07. The number of likely N-dealkylation sites (N-methyl/N-ethyl adjacent to an activating group) is 1. The van der Waals surface area contributed by atoms with E-state index in [1.54, 1.807) is 6.92 Å². The maximum atomic E-state index is 11.1. The molecule has 1 N–H and O–H groups in total. The fourth-order valence-electron chi connectivity index (χ4n) is 1.16. The highest BCUT2D eigenvalue weighted by atomic mass is 16.1. The van der Waals surface area contributed by atoms with Crippen LogP contribution in [0.25, 0.3) is 0 Å². The molecule has 0 aromatic heterocycles. The van der Waals surface area contributed by atoms with Crippen LogP contribution >= 0.6 is 0 Å². The van der Waals surface area contributed by atoms with Crippen molar-refractivity contribution in [3.8, 4) is 0 Å². The van der Waals surface area contributed by atoms with Gasteiger partial charge in [-0.1, -0.05) is 12.2 Å². The first-order valence-electron chi connectivity index (χ1n) is 4.14. The van der Waals surface area contributed by atoms with Gasteiger partial charge in [-0.3, -0.25) is 4.79 Å². The van der Waals surface area contributed by atoms with Gasteiger partial charge in [0.25, 0.3) is 0 Å². The van der Waals surface area contributed by atoms with Crippen LogP contribution in [-0.2, 0) is 4.79 Å². The minimum absolute atomic E-state index is 0.126. The molecule has 0 fully saturated rings. The van der Waals surface area contributed by atoms with Gasteiger partial charge in [0.15, 0.2) is 5.78 Å². The number of nitrogens with one attached hydrogen (secondary N) is 1. The predicted molar refractivity (Wildman–Crippen MR) is 52.1 cm³/mol. The zero-order valence-corrected chi connectivity index (χ0v) is 8.27. The highest BCUT2D eigenvalue weighted by Gasteiger charge is 2.06. The van der Waals surface area contributed by atoms with Gasteiger partial charge >= 0.3 is 0 Å². The van der Waals surface area contributed by atoms with E-state index in [1.165, 1.54) is 0 Å². The number of carbonyl (C=O) groups is 1. The summed E-state index contributed by atoms with van der Waals surface area (Å²) in [5.74, 6) is 0.126. The van der Waals surface area contributed by atoms with E-state index in [2.05, 4.69) is 5.32 Å². The first-order chi connectivity index (χ1) is 5.67. The van der Waals surface area contributed by atoms with Crippen molar-refractivity contribution < 1.29 is 4.79 Å². The molecule has 0 aliphatic carbocycles. The number of ketones is 1. The Labute approximate surface area is 74.4 Å². The molecule has 0 spiro atoms. The Kier molecular flexibility index (Phi) is 5.30. The van der Waals surface area contributed by atoms with E-state index >= 15 is 0 Å². The minimum atomic E-state index is 0.126. The second-order valence-corrected chi connectivity index (χ2v) is 2.60. The Morgan fingerprint density at radius 2 is 1.92 bits per heavy atom. The molecule has 0 aliphatic heterocycles. The molecule has 0 atom stereocenters. The van der Waals surface area contributed by atoms with E-state index in [-0.39, 0.29) is 5.78 Å². The Hall–Kier alpha value is -0.890. The zero-order valence-electron chi connectivity index (χ0n) is 8.27. The van der Waals surface area contributed by atoms with Crippen LogP contribution in [0.5, 0.6) is 0 Å². The lowest BCUT2D eigenvalue weighted by Crippen LogP contribution is -2.14. The van der Waals surface area contributed by atoms with Crippen molar-refractivity contribution in [1.29, 1.82) is 0 Å². The molecule has 0 saturated heterocycles. The minimum Gasteiger partial charge on any atom is -0.316 e. The van der Waals surface area contributed by atoms with Crippen molar-refractivity contribution in [2.75, 3.05) is 13.6 Å². The number of rotatable bonds is 4. The fourth-order valence-corrected chi connectivity index (χ4v) is 1.16. The molecule has 0 aromatic carbocycles. The van der Waals surface area contributed by atoms with Crippen molar-refractivity contribution in [2.45, 2.75) is 20.8 Å². The predicted octanol–water partition coefficient (Wildman–Crippen LogP) is 1.69. The van der Waals surface area contributed by atoms with Crippen molar-refractivity contribution in [1.82, 2.24) is 5.32 Å². The molecule has 68 valence electrons. The zero-order chi connectivity index (χ0) is 9.56. The average molecular weight is 167 g/mol. The molecule has 0 aromatic rings. The van der Waals surface area contributed by atoms with Gasteiger partial charge in [0, 0.05) is 12.1 Å². The molecule has 0 saturated carbocycles. The Morgan fingerprint density at radius 1 is 1.33 bits per heavy atom. The van der Waals surface area contributed by atoms with Gasteiger partial charge in [0.05, 0.1) is 0 Å². The molecule has 0 bridgehead atoms. The van der Waals surface area contributed by atoms with Crippen LogP contribution in [0.2, 0.25) is 0 Å². The summed E-state index contributed by atoms with van der Waals surface area (Å²) >= 11 is 0. The second kappa shape index (κ2) is 5.72. The highest BCUT2D eigenvalue weighted by molar-refractivity contribution is 5.97. The first-order valence-corrected chi connectivity index (χ1v) is 4.14. The van der Waals surface area contributed by atoms with Gasteiger partial charge in [0.2, 0.25) is 0 Å². The first kappa shape index (κ1) is 11.1. The van der Waals surface area contributed by atoms with Crippen molar-refractivity contribution >= 4 is 5.78 Å². The molecule has 2 heteroatoms. The number of carbonyl (C=O) groups excluding carboxylic acids is 1. The van der Waals surface area contributed by atoms with E-state index in [9.17, 15) is 4.79 Å². The van der Waals surface area contributed by atoms with E-state index in [0.717, 1.165) is 17.7 Å². The molecule has 0 radical (unpaired) electrons. The molecule has 12 heavy (non-hydrogen) atoms. The quantitative estimate of drug-likeness (QED) is 0.510. The van der Waals surface area contributed by atoms with Crippen LogP contribution in [0, 0.1) is 0 Å². The van der Waals surface area contributed by atoms with Gasteiger partial charge in [-0.15, -0.1) is 0 Å². The van der Waals surface area contributed by atoms with Crippen molar-refractivity contribution in [3.63, 3.8) is 0 Å². The van der Waals surface area contributed by atoms with Crippen LogP contribution in [0.3, 0.4) is 0 Å². The number of hydrogen-bond acceptors (Lipinski definition) is 2. The number of hydrogen-bond donors (Lipinski definition) is 1. The third kappa shape index (κ3) is 3.01. The van der Waals surface area contributed by atoms with Crippen LogP contribution < -0.4 is 5.32 Å². The molecular weight excluding hydrogens is 150 g/mol. The van der Waals surface area contributed by atoms with Gasteiger partial charge in [-0.05, 0) is 33.4 Å². The third-order valence-corrected chi connectivity index (χ3v) is 1.73. The Balaban J connectivity index is 4.60. The lowest BCUT2D eigenvalue weighted by atomic mass is 10.0. The SMILES string of the molecule is C/C=C(CNC)\C(=C/C)C(C)=O. The van der Waals surface area contributed by atoms with Gasteiger partial charge in [-0.2, -0.15) is 0 Å². The Bertz CT molecular complexity index is 214. The standard InChI is InChI=1S/C10H17NO/c1-5-9(7-11-4)10(6-2)8(3)12/h5-6,11H,7H2,1-4H3/b9-5-,10-6-. The second-order valence-electron chi connectivity index (χ2n) is 2.60. The molecule has 0 rings (SSSR count). The molecule has 2 nitrogen and oxygen atoms in total. The van der Waals surface area contributed by atoms with Crippen LogP contribution in [0.15, 0.2) is 23.3 Å². The topological polar surface area (TPSA) is 29.1 Å². The van der Waals surface area contributed by atoms with E-state index in [4.69, 9.17) is 0 Å². The van der Waals surface area contributed by atoms with Crippen molar-refractivity contribution in [3.05, 3.63) is 23.3 Å². The van der Waals surface area contributed by atoms with Crippen LogP contribution in [0.1, 0.15) is 20.8 Å². The normalized spacial score (nSPS) is 13.3. The summed E-state index contributed by atoms with van der Waals surface area (Å²) in [4.78, 5) is 11.1. The monoisotopic (exact) mass is 167 g/mol. The van der Waals surface area contributed by atoms with E-state index < -0.39 is 0 Å². The number of Topliss-reactive ketones (excluding diaryl/α,β-unsaturated/α-hetero) is 1. The van der Waals surface area contributed by atoms with E-state index in [1.807, 2.05) is 33.0 Å². The average Bonchev–Trinajstić information content (AvgIpc) is 2.03. The van der Waals surface area contributed by atoms with Crippen LogP contribution in [0.4, 0.5) is 0 Å². The molecular formula is C10H17NO. The Morgan fingerprint density at radius 3 is 2.17 bits per heavy atom. The smallest absolute Gasteiger partial charge is 0.159 e. The molecule has 0 aliphatic rings. The molecule has 0 unspecified atom stereocenters. The third-order valence-electron chi connectivity index (χ3n) is 1.73. The van der Waals surface area contributed by atoms with E-state index in [0.29, 0.717) is 0 Å². The summed E-state index contributed by atoms with van der Waals surface area (Å²) in [7, 11) is 1.87. The van der Waals surface area contributed by atoms with Gasteiger partial charge < -0.3 is 5.32 Å². The number of allylic oxidation sites excluding steroid dienone is 2. The van der Waals surface area contributed by atoms with Gasteiger partial charge in [-0.25, -0.2) is 0 Å². The molecule has 0 heterocycles. The summed E-state index contributed by atoms with van der Waals surface area (Å²) in [6.45, 7) is 6.17. The summed E-state index contributed by atoms with van der Waals surface area (Å²) in [5.41, 5.74) is 1.87. The summed E-state index contributed by atoms with van der Waals surface area (Å²) in [5, 5.41) is 3.03.